The molecule has 0 radical (unpaired) electrons. The average Bonchev–Trinajstić information content (AvgIpc) is 3.87. The molecule has 2 aromatic heterocycles. The first-order chi connectivity index (χ1) is 32.0. The summed E-state index contributed by atoms with van der Waals surface area (Å²) in [7, 11) is 0. The summed E-state index contributed by atoms with van der Waals surface area (Å²) < 4.78 is 9.38. The Balaban J connectivity index is 1.06. The number of nitrogens with zero attached hydrogens (tertiary/aromatic N) is 4. The van der Waals surface area contributed by atoms with E-state index in [-0.39, 0.29) is 21.7 Å². The van der Waals surface area contributed by atoms with Crippen LogP contribution in [0.15, 0.2) is 182 Å². The summed E-state index contributed by atoms with van der Waals surface area (Å²) in [4.78, 5) is 9.91. The molecule has 0 N–H and O–H groups in total. The monoisotopic (exact) mass is 878 g/mol. The number of aromatic nitrogens is 2. The van der Waals surface area contributed by atoms with Crippen molar-refractivity contribution >= 4 is 44.6 Å². The molecule has 9 aromatic rings. The summed E-state index contributed by atoms with van der Waals surface area (Å²) in [5, 5.41) is 2.34. The van der Waals surface area contributed by atoms with E-state index in [2.05, 4.69) is 260 Å². The van der Waals surface area contributed by atoms with E-state index in [4.69, 9.17) is 9.72 Å². The predicted molar refractivity (Wildman–Crippen MR) is 282 cm³/mol. The van der Waals surface area contributed by atoms with E-state index in [0.717, 1.165) is 45.1 Å². The topological polar surface area (TPSA) is 33.5 Å². The number of para-hydroxylation sites is 2. The predicted octanol–water partition coefficient (Wildman–Crippen LogP) is 16.5. The lowest BCUT2D eigenvalue weighted by molar-refractivity contribution is 0.479. The maximum atomic E-state index is 7.04. The number of pyridine rings is 1. The van der Waals surface area contributed by atoms with Crippen molar-refractivity contribution in [1.82, 2.24) is 9.55 Å². The number of fused-ring (bicyclic) bond motifs is 4. The summed E-state index contributed by atoms with van der Waals surface area (Å²) >= 11 is 0. The number of anilines is 4. The minimum Gasteiger partial charge on any atom is -0.457 e. The first-order valence-electron chi connectivity index (χ1n) is 23.7. The second-order valence-corrected chi connectivity index (χ2v) is 21.5. The van der Waals surface area contributed by atoms with Gasteiger partial charge in [-0.25, -0.2) is 4.98 Å². The molecule has 0 atom stereocenters. The fourth-order valence-corrected chi connectivity index (χ4v) is 9.83. The quantitative estimate of drug-likeness (QED) is 0.145. The van der Waals surface area contributed by atoms with Crippen LogP contribution in [0.25, 0.3) is 27.6 Å². The van der Waals surface area contributed by atoms with Crippen molar-refractivity contribution in [3.63, 3.8) is 0 Å². The normalized spacial score (nSPS) is 13.4. The van der Waals surface area contributed by atoms with E-state index in [9.17, 15) is 0 Å². The Morgan fingerprint density at radius 3 is 1.57 bits per heavy atom. The van der Waals surface area contributed by atoms with Crippen LogP contribution in [-0.2, 0) is 21.7 Å². The molecular weight excluding hydrogens is 817 g/mol. The molecule has 5 nitrogen and oxygen atoms in total. The minimum absolute atomic E-state index is 0.0445. The lowest BCUT2D eigenvalue weighted by Gasteiger charge is -2.29. The molecule has 0 amide bonds. The third-order valence-corrected chi connectivity index (χ3v) is 14.2. The highest BCUT2D eigenvalue weighted by atomic mass is 16.5. The molecule has 0 aliphatic carbocycles. The zero-order chi connectivity index (χ0) is 46.9. The molecule has 0 unspecified atom stereocenters. The van der Waals surface area contributed by atoms with Crippen molar-refractivity contribution in [1.29, 1.82) is 0 Å². The van der Waals surface area contributed by atoms with E-state index in [1.165, 1.54) is 50.1 Å². The van der Waals surface area contributed by atoms with Crippen LogP contribution in [0.4, 0.5) is 22.7 Å². The van der Waals surface area contributed by atoms with Crippen molar-refractivity contribution < 1.29 is 4.74 Å². The lowest BCUT2D eigenvalue weighted by atomic mass is 9.78. The van der Waals surface area contributed by atoms with Gasteiger partial charge in [0.05, 0.1) is 22.4 Å². The Labute approximate surface area is 397 Å². The van der Waals surface area contributed by atoms with Crippen molar-refractivity contribution in [2.75, 3.05) is 16.5 Å². The summed E-state index contributed by atoms with van der Waals surface area (Å²) in [6, 6.07) is 64.0. The van der Waals surface area contributed by atoms with Gasteiger partial charge in [-0.2, -0.15) is 0 Å². The molecule has 1 aliphatic heterocycles. The maximum absolute atomic E-state index is 7.04. The molecule has 7 aromatic carbocycles. The number of rotatable bonds is 9. The highest BCUT2D eigenvalue weighted by Crippen LogP contribution is 2.47. The van der Waals surface area contributed by atoms with Crippen molar-refractivity contribution in [3.8, 4) is 17.3 Å². The number of hydrogen-bond donors (Lipinski definition) is 0. The summed E-state index contributed by atoms with van der Waals surface area (Å²) in [5.41, 5.74) is 13.8. The SMILES string of the molecule is CC(C)(C)c1cc(Oc2ccc3c4ccc(C(C)(C)c5ccccc5)cc4n(-c4cc(C(C)(C)C)ccn4)c3c2)cc(N2CN(c3cccc(C(C)(C)c4ccccc4)c3)c3ccccc32)c1. The van der Waals surface area contributed by atoms with Crippen molar-refractivity contribution in [2.24, 2.45) is 0 Å². The van der Waals surface area contributed by atoms with Crippen LogP contribution in [0.1, 0.15) is 103 Å². The second kappa shape index (κ2) is 16.3. The zero-order valence-corrected chi connectivity index (χ0v) is 40.7. The second-order valence-electron chi connectivity index (χ2n) is 21.5. The zero-order valence-electron chi connectivity index (χ0n) is 40.7. The summed E-state index contributed by atoms with van der Waals surface area (Å²) in [6.45, 7) is 23.5. The van der Waals surface area contributed by atoms with E-state index >= 15 is 0 Å². The number of hydrogen-bond acceptors (Lipinski definition) is 4. The lowest BCUT2D eigenvalue weighted by Crippen LogP contribution is -2.25. The molecule has 0 saturated carbocycles. The van der Waals surface area contributed by atoms with E-state index in [1.54, 1.807) is 0 Å². The van der Waals surface area contributed by atoms with Crippen LogP contribution in [-0.4, -0.2) is 16.2 Å². The number of ether oxygens (including phenoxy) is 1. The van der Waals surface area contributed by atoms with Crippen LogP contribution in [0.5, 0.6) is 11.5 Å². The maximum Gasteiger partial charge on any atom is 0.137 e. The molecular formula is C62H62N4O. The average molecular weight is 879 g/mol. The highest BCUT2D eigenvalue weighted by molar-refractivity contribution is 6.09. The molecule has 10 rings (SSSR count). The summed E-state index contributed by atoms with van der Waals surface area (Å²) in [6.07, 6.45) is 1.95. The smallest absolute Gasteiger partial charge is 0.137 e. The molecule has 3 heterocycles. The molecule has 67 heavy (non-hydrogen) atoms. The standard InChI is InChI=1S/C62H62N4O/c1-59(2,3)44-32-33-63-58(38-44)66-56-37-46(62(9,10)43-22-15-12-16-23-43)28-30-52(56)53-31-29-50(40-57(53)66)67-51-36-47(60(4,5)6)35-49(39-51)65-41-64(54-26-17-18-27-55(54)65)48-25-19-24-45(34-48)61(7,8)42-20-13-11-14-21-42/h11-40H,41H2,1-10H3. The Kier molecular flexibility index (Phi) is 10.7. The van der Waals surface area contributed by atoms with Crippen LogP contribution in [0.3, 0.4) is 0 Å². The van der Waals surface area contributed by atoms with Gasteiger partial charge in [-0.15, -0.1) is 0 Å². The molecule has 0 saturated heterocycles. The van der Waals surface area contributed by atoms with Gasteiger partial charge in [-0.05, 0) is 111 Å². The van der Waals surface area contributed by atoms with Gasteiger partial charge >= 0.3 is 0 Å². The van der Waals surface area contributed by atoms with Crippen LogP contribution in [0.2, 0.25) is 0 Å². The van der Waals surface area contributed by atoms with Crippen LogP contribution >= 0.6 is 0 Å². The molecule has 5 heteroatoms. The molecule has 0 fully saturated rings. The Hall–Kier alpha value is -7.11. The van der Waals surface area contributed by atoms with Gasteiger partial charge in [0.1, 0.15) is 24.0 Å². The van der Waals surface area contributed by atoms with E-state index in [1.807, 2.05) is 6.20 Å². The molecule has 0 spiro atoms. The minimum atomic E-state index is -0.211. The third kappa shape index (κ3) is 8.05. The van der Waals surface area contributed by atoms with E-state index < -0.39 is 0 Å². The molecule has 1 aliphatic rings. The highest BCUT2D eigenvalue weighted by Gasteiger charge is 2.31. The van der Waals surface area contributed by atoms with Crippen LogP contribution < -0.4 is 14.5 Å². The molecule has 336 valence electrons. The van der Waals surface area contributed by atoms with Gasteiger partial charge in [-0.3, -0.25) is 4.57 Å². The van der Waals surface area contributed by atoms with Gasteiger partial charge in [0.2, 0.25) is 0 Å². The van der Waals surface area contributed by atoms with Gasteiger partial charge in [0, 0.05) is 51.3 Å². The van der Waals surface area contributed by atoms with Crippen LogP contribution in [0, 0.1) is 0 Å². The van der Waals surface area contributed by atoms with Crippen molar-refractivity contribution in [2.45, 2.75) is 90.9 Å². The first-order valence-corrected chi connectivity index (χ1v) is 23.7. The Morgan fingerprint density at radius 1 is 0.403 bits per heavy atom. The fourth-order valence-electron chi connectivity index (χ4n) is 9.83. The molecule has 0 bridgehead atoms. The fraction of sp³-hybridized carbons (Fsp3) is 0.242. The van der Waals surface area contributed by atoms with E-state index in [0.29, 0.717) is 6.67 Å². The summed E-state index contributed by atoms with van der Waals surface area (Å²) in [5.74, 6) is 2.46. The van der Waals surface area contributed by atoms with Crippen molar-refractivity contribution in [3.05, 3.63) is 216 Å². The van der Waals surface area contributed by atoms with Gasteiger partial charge in [0.25, 0.3) is 0 Å². The number of benzene rings is 7. The Morgan fingerprint density at radius 2 is 0.940 bits per heavy atom. The Bertz CT molecular complexity index is 3280. The van der Waals surface area contributed by atoms with Gasteiger partial charge in [-0.1, -0.05) is 166 Å². The first kappa shape index (κ1) is 43.8. The third-order valence-electron chi connectivity index (χ3n) is 14.2. The largest absolute Gasteiger partial charge is 0.457 e. The van der Waals surface area contributed by atoms with Gasteiger partial charge in [0.15, 0.2) is 0 Å². The van der Waals surface area contributed by atoms with Gasteiger partial charge < -0.3 is 14.5 Å².